The number of hydrogen-bond acceptors (Lipinski definition) is 6. The SMILES string of the molecule is CC1(C)OB([C@]2([C@H](O)c3ccccc3)[C@@H](c3ccccc3)N2N2C(=O)c3ccccc3C2=O)OC1(C)C. The first-order valence-electron chi connectivity index (χ1n) is 12.5. The molecule has 1 N–H and O–H groups in total. The third-order valence-corrected chi connectivity index (χ3v) is 8.30. The van der Waals surface area contributed by atoms with Crippen LogP contribution in [0, 0.1) is 0 Å². The molecule has 3 aromatic rings. The third-order valence-electron chi connectivity index (χ3n) is 8.30. The fourth-order valence-electron chi connectivity index (χ4n) is 5.59. The Labute approximate surface area is 216 Å². The molecular formula is C29H29BN2O5. The van der Waals surface area contributed by atoms with Gasteiger partial charge >= 0.3 is 7.12 Å². The normalized spacial score (nSPS) is 28.4. The highest BCUT2D eigenvalue weighted by Gasteiger charge is 2.81. The highest BCUT2D eigenvalue weighted by Crippen LogP contribution is 2.65. The Balaban J connectivity index is 1.55. The maximum Gasteiger partial charge on any atom is 0.486 e. The van der Waals surface area contributed by atoms with Crippen LogP contribution < -0.4 is 0 Å². The highest BCUT2D eigenvalue weighted by atomic mass is 16.7. The van der Waals surface area contributed by atoms with E-state index in [9.17, 15) is 14.7 Å². The van der Waals surface area contributed by atoms with Gasteiger partial charge < -0.3 is 14.4 Å². The van der Waals surface area contributed by atoms with E-state index in [1.165, 1.54) is 5.01 Å². The van der Waals surface area contributed by atoms with Gasteiger partial charge in [-0.15, -0.1) is 0 Å². The van der Waals surface area contributed by atoms with Crippen LogP contribution in [0.2, 0.25) is 0 Å². The summed E-state index contributed by atoms with van der Waals surface area (Å²) in [7, 11) is -0.942. The predicted molar refractivity (Wildman–Crippen MR) is 138 cm³/mol. The molecule has 2 saturated heterocycles. The molecule has 3 aromatic carbocycles. The quantitative estimate of drug-likeness (QED) is 0.321. The Morgan fingerprint density at radius 1 is 0.757 bits per heavy atom. The first kappa shape index (κ1) is 24.1. The van der Waals surface area contributed by atoms with E-state index in [0.717, 1.165) is 5.56 Å². The molecule has 8 heteroatoms. The topological polar surface area (TPSA) is 79.1 Å². The first-order valence-corrected chi connectivity index (χ1v) is 12.5. The molecule has 6 rings (SSSR count). The molecule has 0 radical (unpaired) electrons. The molecule has 0 aliphatic carbocycles. The Bertz CT molecular complexity index is 1330. The minimum absolute atomic E-state index is 0.336. The number of aliphatic hydroxyl groups is 1. The molecule has 3 aliphatic heterocycles. The van der Waals surface area contributed by atoms with Gasteiger partial charge in [-0.3, -0.25) is 9.59 Å². The van der Waals surface area contributed by atoms with E-state index >= 15 is 0 Å². The Morgan fingerprint density at radius 2 is 1.22 bits per heavy atom. The molecule has 37 heavy (non-hydrogen) atoms. The molecule has 0 saturated carbocycles. The lowest BCUT2D eigenvalue weighted by molar-refractivity contribution is 0.00578. The van der Waals surface area contributed by atoms with Gasteiger partial charge in [0.25, 0.3) is 11.8 Å². The van der Waals surface area contributed by atoms with E-state index in [4.69, 9.17) is 9.31 Å². The number of aliphatic hydroxyl groups excluding tert-OH is 1. The third kappa shape index (κ3) is 3.30. The van der Waals surface area contributed by atoms with Crippen LogP contribution in [0.5, 0.6) is 0 Å². The van der Waals surface area contributed by atoms with Crippen LogP contribution in [0.1, 0.15) is 71.7 Å². The van der Waals surface area contributed by atoms with Gasteiger partial charge in [-0.25, -0.2) is 5.01 Å². The van der Waals surface area contributed by atoms with Gasteiger partial charge in [0, 0.05) is 0 Å². The summed E-state index contributed by atoms with van der Waals surface area (Å²) < 4.78 is 13.1. The zero-order valence-corrected chi connectivity index (χ0v) is 21.3. The first-order chi connectivity index (χ1) is 17.6. The van der Waals surface area contributed by atoms with Gasteiger partial charge in [-0.05, 0) is 51.0 Å². The molecule has 2 amide bonds. The lowest BCUT2D eigenvalue weighted by Crippen LogP contribution is -2.51. The van der Waals surface area contributed by atoms with Crippen molar-refractivity contribution in [1.29, 1.82) is 0 Å². The van der Waals surface area contributed by atoms with Crippen molar-refractivity contribution in [3.63, 3.8) is 0 Å². The van der Waals surface area contributed by atoms with E-state index in [0.29, 0.717) is 16.7 Å². The number of carbonyl (C=O) groups excluding carboxylic acids is 2. The average Bonchev–Trinajstić information content (AvgIpc) is 3.43. The van der Waals surface area contributed by atoms with Crippen LogP contribution in [-0.2, 0) is 9.31 Å². The van der Waals surface area contributed by atoms with Crippen LogP contribution in [-0.4, -0.2) is 50.7 Å². The largest absolute Gasteiger partial charge is 0.486 e. The fraction of sp³-hybridized carbons (Fsp3) is 0.310. The summed E-state index contributed by atoms with van der Waals surface area (Å²) >= 11 is 0. The molecule has 0 spiro atoms. The maximum atomic E-state index is 13.7. The molecular weight excluding hydrogens is 467 g/mol. The van der Waals surface area contributed by atoms with Gasteiger partial charge in [0.1, 0.15) is 5.44 Å². The number of rotatable bonds is 5. The highest BCUT2D eigenvalue weighted by molar-refractivity contribution is 6.52. The molecule has 0 aromatic heterocycles. The Hall–Kier alpha value is -3.30. The summed E-state index contributed by atoms with van der Waals surface area (Å²) in [6.07, 6.45) is -1.14. The second-order valence-electron chi connectivity index (χ2n) is 10.9. The van der Waals surface area contributed by atoms with Crippen molar-refractivity contribution >= 4 is 18.9 Å². The van der Waals surface area contributed by atoms with Gasteiger partial charge in [0.05, 0.1) is 34.5 Å². The second-order valence-corrected chi connectivity index (χ2v) is 10.9. The van der Waals surface area contributed by atoms with Gasteiger partial charge in [-0.2, -0.15) is 5.01 Å². The van der Waals surface area contributed by atoms with E-state index in [2.05, 4.69) is 0 Å². The van der Waals surface area contributed by atoms with Crippen molar-refractivity contribution in [2.75, 3.05) is 0 Å². The predicted octanol–water partition coefficient (Wildman–Crippen LogP) is 4.36. The average molecular weight is 496 g/mol. The summed E-state index contributed by atoms with van der Waals surface area (Å²) in [6.45, 7) is 7.79. The zero-order valence-electron chi connectivity index (χ0n) is 21.3. The van der Waals surface area contributed by atoms with Crippen molar-refractivity contribution in [3.05, 3.63) is 107 Å². The summed E-state index contributed by atoms with van der Waals surface area (Å²) in [5, 5.41) is 15.0. The standard InChI is InChI=1S/C29H29BN2O5/c1-27(2)28(3,4)37-30(36-27)29(24(33)20-15-9-6-10-16-20)23(19-13-7-5-8-14-19)32(29)31-25(34)21-17-11-12-18-22(21)26(31)35/h5-18,23-24,33H,1-4H3/t23-,24-,29-,32?/m1/s1. The van der Waals surface area contributed by atoms with Crippen LogP contribution in [0.25, 0.3) is 0 Å². The second kappa shape index (κ2) is 8.10. The van der Waals surface area contributed by atoms with Crippen molar-refractivity contribution in [3.8, 4) is 0 Å². The molecule has 2 fully saturated rings. The number of hydrogen-bond donors (Lipinski definition) is 1. The summed E-state index contributed by atoms with van der Waals surface area (Å²) in [5.41, 5.74) is -0.537. The minimum Gasteiger partial charge on any atom is -0.402 e. The number of hydrazine groups is 1. The summed E-state index contributed by atoms with van der Waals surface area (Å²) in [6, 6.07) is 25.0. The monoisotopic (exact) mass is 496 g/mol. The Kier molecular flexibility index (Phi) is 5.27. The van der Waals surface area contributed by atoms with E-state index in [-0.39, 0.29) is 0 Å². The van der Waals surface area contributed by atoms with Gasteiger partial charge in [-0.1, -0.05) is 72.8 Å². The van der Waals surface area contributed by atoms with Crippen LogP contribution >= 0.6 is 0 Å². The molecule has 1 unspecified atom stereocenters. The molecule has 4 atom stereocenters. The molecule has 3 aliphatic rings. The van der Waals surface area contributed by atoms with Crippen molar-refractivity contribution in [1.82, 2.24) is 10.0 Å². The molecule has 188 valence electrons. The van der Waals surface area contributed by atoms with Crippen molar-refractivity contribution in [2.24, 2.45) is 0 Å². The zero-order chi connectivity index (χ0) is 26.2. The lowest BCUT2D eigenvalue weighted by Gasteiger charge is -2.32. The van der Waals surface area contributed by atoms with Crippen LogP contribution in [0.3, 0.4) is 0 Å². The van der Waals surface area contributed by atoms with E-state index in [1.54, 1.807) is 29.3 Å². The number of carbonyl (C=O) groups is 2. The number of amides is 2. The molecule has 7 nitrogen and oxygen atoms in total. The van der Waals surface area contributed by atoms with Crippen LogP contribution in [0.4, 0.5) is 0 Å². The van der Waals surface area contributed by atoms with E-state index < -0.39 is 47.7 Å². The maximum absolute atomic E-state index is 13.7. The van der Waals surface area contributed by atoms with Crippen molar-refractivity contribution in [2.45, 2.75) is 56.5 Å². The number of benzene rings is 3. The lowest BCUT2D eigenvalue weighted by atomic mass is 9.63. The number of imide groups is 1. The van der Waals surface area contributed by atoms with Crippen LogP contribution in [0.15, 0.2) is 84.9 Å². The minimum atomic E-state index is -1.29. The van der Waals surface area contributed by atoms with Gasteiger partial charge in [0.15, 0.2) is 0 Å². The number of fused-ring (bicyclic) bond motifs is 1. The van der Waals surface area contributed by atoms with Gasteiger partial charge in [0.2, 0.25) is 0 Å². The number of nitrogens with zero attached hydrogens (tertiary/aromatic N) is 2. The summed E-state index contributed by atoms with van der Waals surface area (Å²) in [5.74, 6) is -0.861. The molecule has 0 bridgehead atoms. The fourth-order valence-corrected chi connectivity index (χ4v) is 5.59. The Morgan fingerprint density at radius 3 is 1.73 bits per heavy atom. The summed E-state index contributed by atoms with van der Waals surface area (Å²) in [4.78, 5) is 27.4. The smallest absolute Gasteiger partial charge is 0.402 e. The van der Waals surface area contributed by atoms with Crippen molar-refractivity contribution < 1.29 is 24.0 Å². The van der Waals surface area contributed by atoms with E-state index in [1.807, 2.05) is 88.4 Å². The molecule has 3 heterocycles.